The zero-order valence-corrected chi connectivity index (χ0v) is 15.7. The van der Waals surface area contributed by atoms with Crippen molar-refractivity contribution in [2.45, 2.75) is 13.5 Å². The molecule has 0 saturated heterocycles. The Balaban J connectivity index is 1.74. The van der Waals surface area contributed by atoms with Crippen LogP contribution in [0.15, 0.2) is 46.9 Å². The van der Waals surface area contributed by atoms with Gasteiger partial charge in [0.2, 0.25) is 11.8 Å². The number of amides is 1. The van der Waals surface area contributed by atoms with Crippen molar-refractivity contribution < 1.29 is 18.7 Å². The number of rotatable bonds is 6. The normalized spacial score (nSPS) is 10.5. The van der Waals surface area contributed by atoms with E-state index >= 15 is 0 Å². The molecule has 0 N–H and O–H groups in total. The molecule has 1 aromatic heterocycles. The van der Waals surface area contributed by atoms with E-state index in [1.165, 1.54) is 19.1 Å². The van der Waals surface area contributed by atoms with Crippen molar-refractivity contribution in [2.24, 2.45) is 0 Å². The topological polar surface area (TPSA) is 77.7 Å². The summed E-state index contributed by atoms with van der Waals surface area (Å²) in [7, 11) is 4.75. The van der Waals surface area contributed by atoms with E-state index in [1.54, 1.807) is 25.2 Å². The first-order valence-electron chi connectivity index (χ1n) is 8.38. The molecule has 27 heavy (non-hydrogen) atoms. The third-order valence-electron chi connectivity index (χ3n) is 4.08. The number of ether oxygens (including phenoxy) is 2. The lowest BCUT2D eigenvalue weighted by atomic mass is 10.1. The van der Waals surface area contributed by atoms with E-state index in [-0.39, 0.29) is 12.5 Å². The van der Waals surface area contributed by atoms with Crippen LogP contribution in [-0.4, -0.2) is 42.3 Å². The van der Waals surface area contributed by atoms with Crippen molar-refractivity contribution >= 4 is 5.91 Å². The molecule has 0 aliphatic carbocycles. The van der Waals surface area contributed by atoms with E-state index in [4.69, 9.17) is 13.9 Å². The minimum atomic E-state index is -0.206. The summed E-state index contributed by atoms with van der Waals surface area (Å²) >= 11 is 0. The van der Waals surface area contributed by atoms with Crippen molar-refractivity contribution in [1.82, 2.24) is 15.1 Å². The third-order valence-corrected chi connectivity index (χ3v) is 4.08. The monoisotopic (exact) mass is 367 g/mol. The molecule has 0 atom stereocenters. The Morgan fingerprint density at radius 3 is 2.26 bits per heavy atom. The molecule has 1 amide bonds. The number of hydrogen-bond acceptors (Lipinski definition) is 6. The highest BCUT2D eigenvalue weighted by Gasteiger charge is 2.18. The van der Waals surface area contributed by atoms with Crippen LogP contribution in [0.2, 0.25) is 0 Å². The molecular formula is C20H21N3O4. The highest BCUT2D eigenvalue weighted by molar-refractivity contribution is 5.94. The molecule has 1 heterocycles. The maximum Gasteiger partial charge on any atom is 0.254 e. The second kappa shape index (κ2) is 7.90. The lowest BCUT2D eigenvalue weighted by Gasteiger charge is -2.16. The fourth-order valence-electron chi connectivity index (χ4n) is 2.56. The summed E-state index contributed by atoms with van der Waals surface area (Å²) in [6.07, 6.45) is 0. The van der Waals surface area contributed by atoms with E-state index in [0.29, 0.717) is 28.8 Å². The maximum atomic E-state index is 12.7. The number of aromatic nitrogens is 2. The van der Waals surface area contributed by atoms with Crippen LogP contribution in [0.3, 0.4) is 0 Å². The predicted molar refractivity (Wildman–Crippen MR) is 99.8 cm³/mol. The lowest BCUT2D eigenvalue weighted by Crippen LogP contribution is -2.26. The van der Waals surface area contributed by atoms with Crippen LogP contribution in [-0.2, 0) is 6.54 Å². The maximum absolute atomic E-state index is 12.7. The largest absolute Gasteiger partial charge is 0.497 e. The molecule has 0 aliphatic rings. The molecule has 0 bridgehead atoms. The minimum absolute atomic E-state index is 0.192. The van der Waals surface area contributed by atoms with Gasteiger partial charge >= 0.3 is 0 Å². The second-order valence-corrected chi connectivity index (χ2v) is 6.13. The van der Waals surface area contributed by atoms with Crippen molar-refractivity contribution in [2.75, 3.05) is 21.3 Å². The molecule has 7 nitrogen and oxygen atoms in total. The summed E-state index contributed by atoms with van der Waals surface area (Å²) in [6, 6.07) is 12.8. The molecule has 2 aromatic carbocycles. The Morgan fingerprint density at radius 1 is 1.04 bits per heavy atom. The van der Waals surface area contributed by atoms with Crippen LogP contribution in [0.1, 0.15) is 21.8 Å². The average molecular weight is 367 g/mol. The fourth-order valence-corrected chi connectivity index (χ4v) is 2.56. The Labute approximate surface area is 157 Å². The summed E-state index contributed by atoms with van der Waals surface area (Å²) in [5.74, 6) is 1.67. The van der Waals surface area contributed by atoms with Crippen molar-refractivity contribution in [1.29, 1.82) is 0 Å². The summed E-state index contributed by atoms with van der Waals surface area (Å²) in [5, 5.41) is 8.10. The zero-order valence-electron chi connectivity index (χ0n) is 15.7. The lowest BCUT2D eigenvalue weighted by molar-refractivity contribution is 0.0772. The number of nitrogens with zero attached hydrogens (tertiary/aromatic N) is 3. The molecule has 0 spiro atoms. The third kappa shape index (κ3) is 4.25. The quantitative estimate of drug-likeness (QED) is 0.665. The molecule has 140 valence electrons. The second-order valence-electron chi connectivity index (χ2n) is 6.13. The van der Waals surface area contributed by atoms with Gasteiger partial charge in [-0.3, -0.25) is 4.79 Å². The van der Waals surface area contributed by atoms with Crippen LogP contribution < -0.4 is 9.47 Å². The number of carbonyl (C=O) groups excluding carboxylic acids is 1. The van der Waals surface area contributed by atoms with Gasteiger partial charge in [0.1, 0.15) is 11.5 Å². The average Bonchev–Trinajstić information content (AvgIpc) is 3.15. The molecule has 7 heteroatoms. The number of benzene rings is 2. The Hall–Kier alpha value is -3.35. The predicted octanol–water partition coefficient (Wildman–Crippen LogP) is 3.33. The summed E-state index contributed by atoms with van der Waals surface area (Å²) in [5.41, 5.74) is 2.44. The van der Waals surface area contributed by atoms with Gasteiger partial charge in [0.15, 0.2) is 0 Å². The molecule has 0 saturated carbocycles. The van der Waals surface area contributed by atoms with E-state index < -0.39 is 0 Å². The fraction of sp³-hybridized carbons (Fsp3) is 0.250. The minimum Gasteiger partial charge on any atom is -0.497 e. The van der Waals surface area contributed by atoms with Gasteiger partial charge < -0.3 is 18.8 Å². The smallest absolute Gasteiger partial charge is 0.254 e. The first-order valence-corrected chi connectivity index (χ1v) is 8.38. The molecule has 0 unspecified atom stereocenters. The van der Waals surface area contributed by atoms with Gasteiger partial charge in [-0.15, -0.1) is 10.2 Å². The van der Waals surface area contributed by atoms with Crippen LogP contribution in [0.4, 0.5) is 0 Å². The van der Waals surface area contributed by atoms with Crippen molar-refractivity contribution in [3.05, 3.63) is 59.5 Å². The van der Waals surface area contributed by atoms with Gasteiger partial charge in [-0.25, -0.2) is 0 Å². The molecule has 0 fully saturated rings. The van der Waals surface area contributed by atoms with Crippen LogP contribution in [0.5, 0.6) is 11.5 Å². The first-order chi connectivity index (χ1) is 13.0. The highest BCUT2D eigenvalue weighted by Crippen LogP contribution is 2.24. The van der Waals surface area contributed by atoms with Gasteiger partial charge in [0.05, 0.1) is 20.8 Å². The van der Waals surface area contributed by atoms with Gasteiger partial charge in [-0.05, 0) is 31.2 Å². The van der Waals surface area contributed by atoms with Gasteiger partial charge in [-0.1, -0.05) is 17.7 Å². The van der Waals surface area contributed by atoms with Crippen LogP contribution in [0, 0.1) is 6.92 Å². The standard InChI is InChI=1S/C20H21N3O4/c1-13-5-7-14(8-6-13)19-22-21-18(27-19)12-23(2)20(24)15-9-16(25-3)11-17(10-15)26-4/h5-11H,12H2,1-4H3. The van der Waals surface area contributed by atoms with Crippen molar-refractivity contribution in [3.8, 4) is 23.0 Å². The Bertz CT molecular complexity index is 912. The Morgan fingerprint density at radius 2 is 1.67 bits per heavy atom. The van der Waals surface area contributed by atoms with E-state index in [1.807, 2.05) is 31.2 Å². The summed E-state index contributed by atoms with van der Waals surface area (Å²) < 4.78 is 16.1. The van der Waals surface area contributed by atoms with Crippen LogP contribution >= 0.6 is 0 Å². The van der Waals surface area contributed by atoms with E-state index in [2.05, 4.69) is 10.2 Å². The summed E-state index contributed by atoms with van der Waals surface area (Å²) in [6.45, 7) is 2.20. The zero-order chi connectivity index (χ0) is 19.4. The molecule has 3 aromatic rings. The van der Waals surface area contributed by atoms with Gasteiger partial charge in [0.25, 0.3) is 5.91 Å². The number of methoxy groups -OCH3 is 2. The molecule has 0 aliphatic heterocycles. The molecular weight excluding hydrogens is 346 g/mol. The SMILES string of the molecule is COc1cc(OC)cc(C(=O)N(C)Cc2nnc(-c3ccc(C)cc3)o2)c1. The summed E-state index contributed by atoms with van der Waals surface area (Å²) in [4.78, 5) is 14.2. The molecule has 3 rings (SSSR count). The Kier molecular flexibility index (Phi) is 5.40. The number of hydrogen-bond donors (Lipinski definition) is 0. The van der Waals surface area contributed by atoms with Gasteiger partial charge in [-0.2, -0.15) is 0 Å². The number of carbonyl (C=O) groups is 1. The highest BCUT2D eigenvalue weighted by atomic mass is 16.5. The van der Waals surface area contributed by atoms with Gasteiger partial charge in [0, 0.05) is 24.2 Å². The number of aryl methyl sites for hydroxylation is 1. The van der Waals surface area contributed by atoms with Crippen LogP contribution in [0.25, 0.3) is 11.5 Å². The first kappa shape index (κ1) is 18.4. The van der Waals surface area contributed by atoms with Crippen molar-refractivity contribution in [3.63, 3.8) is 0 Å². The molecule has 0 radical (unpaired) electrons. The van der Waals surface area contributed by atoms with E-state index in [9.17, 15) is 4.79 Å². The van der Waals surface area contributed by atoms with E-state index in [0.717, 1.165) is 11.1 Å².